The van der Waals surface area contributed by atoms with E-state index in [1.165, 1.54) is 4.68 Å². The van der Waals surface area contributed by atoms with Crippen LogP contribution in [0.4, 0.5) is 0 Å². The molecule has 2 heterocycles. The lowest BCUT2D eigenvalue weighted by Gasteiger charge is -1.99. The molecule has 0 amide bonds. The highest BCUT2D eigenvalue weighted by molar-refractivity contribution is 5.64. The highest BCUT2D eigenvalue weighted by atomic mass is 16.1. The van der Waals surface area contributed by atoms with E-state index in [4.69, 9.17) is 0 Å². The van der Waals surface area contributed by atoms with Gasteiger partial charge in [-0.3, -0.25) is 14.7 Å². The summed E-state index contributed by atoms with van der Waals surface area (Å²) in [6.45, 7) is 3.53. The smallest absolute Gasteiger partial charge is 0.279 e. The largest absolute Gasteiger partial charge is 0.295 e. The molecule has 6 heteroatoms. The lowest BCUT2D eigenvalue weighted by Crippen LogP contribution is -2.19. The summed E-state index contributed by atoms with van der Waals surface area (Å²) in [5.41, 5.74) is 2.08. The predicted octanol–water partition coefficient (Wildman–Crippen LogP) is 1.53. The van der Waals surface area contributed by atoms with E-state index in [1.807, 2.05) is 30.3 Å². The SMILES string of the molecule is Cc1cc(-c2c(C)[nH]n(-c3ccccc3)c2=O)c(=O)[nH]n1. The number of nitrogens with one attached hydrogen (secondary N) is 2. The van der Waals surface area contributed by atoms with Gasteiger partial charge in [0.05, 0.1) is 22.5 Å². The zero-order valence-corrected chi connectivity index (χ0v) is 11.7. The lowest BCUT2D eigenvalue weighted by atomic mass is 10.1. The van der Waals surface area contributed by atoms with Crippen LogP contribution in [0.15, 0.2) is 46.0 Å². The molecule has 0 bridgehead atoms. The van der Waals surface area contributed by atoms with Crippen LogP contribution in [0, 0.1) is 13.8 Å². The summed E-state index contributed by atoms with van der Waals surface area (Å²) in [6.07, 6.45) is 0. The van der Waals surface area contributed by atoms with Gasteiger partial charge in [-0.2, -0.15) is 5.10 Å². The van der Waals surface area contributed by atoms with Crippen LogP contribution in [0.25, 0.3) is 16.8 Å². The molecule has 21 heavy (non-hydrogen) atoms. The van der Waals surface area contributed by atoms with E-state index >= 15 is 0 Å². The lowest BCUT2D eigenvalue weighted by molar-refractivity contribution is 0.835. The third-order valence-electron chi connectivity index (χ3n) is 3.29. The molecule has 0 aliphatic rings. The van der Waals surface area contributed by atoms with Gasteiger partial charge in [-0.1, -0.05) is 18.2 Å². The molecule has 6 nitrogen and oxygen atoms in total. The monoisotopic (exact) mass is 282 g/mol. The molecule has 0 spiro atoms. The summed E-state index contributed by atoms with van der Waals surface area (Å²) < 4.78 is 1.43. The van der Waals surface area contributed by atoms with Crippen molar-refractivity contribution in [2.75, 3.05) is 0 Å². The van der Waals surface area contributed by atoms with Gasteiger partial charge in [-0.25, -0.2) is 9.78 Å². The fraction of sp³-hybridized carbons (Fsp3) is 0.133. The minimum atomic E-state index is -0.375. The number of benzene rings is 1. The molecule has 2 aromatic heterocycles. The Hall–Kier alpha value is -2.89. The maximum absolute atomic E-state index is 12.6. The minimum Gasteiger partial charge on any atom is -0.295 e. The normalized spacial score (nSPS) is 10.8. The first kappa shape index (κ1) is 13.1. The minimum absolute atomic E-state index is 0.255. The standard InChI is InChI=1S/C15H14N4O2/c1-9-8-12(14(20)17-16-9)13-10(2)18-19(15(13)21)11-6-4-3-5-7-11/h3-8,18H,1-2H3,(H,17,20). The Kier molecular flexibility index (Phi) is 3.06. The van der Waals surface area contributed by atoms with Gasteiger partial charge in [0, 0.05) is 5.69 Å². The molecule has 0 unspecified atom stereocenters. The highest BCUT2D eigenvalue weighted by Crippen LogP contribution is 2.16. The zero-order chi connectivity index (χ0) is 15.0. The molecule has 0 atom stereocenters. The second kappa shape index (κ2) is 4.90. The van der Waals surface area contributed by atoms with Crippen LogP contribution in [0.5, 0.6) is 0 Å². The van der Waals surface area contributed by atoms with Crippen LogP contribution >= 0.6 is 0 Å². The van der Waals surface area contributed by atoms with Crippen molar-refractivity contribution < 1.29 is 0 Å². The molecular formula is C15H14N4O2. The number of hydrogen-bond acceptors (Lipinski definition) is 3. The fourth-order valence-electron chi connectivity index (χ4n) is 2.31. The molecule has 106 valence electrons. The van der Waals surface area contributed by atoms with Crippen molar-refractivity contribution in [2.24, 2.45) is 0 Å². The quantitative estimate of drug-likeness (QED) is 0.747. The van der Waals surface area contributed by atoms with Gasteiger partial charge < -0.3 is 0 Å². The van der Waals surface area contributed by atoms with Crippen LogP contribution in [0.2, 0.25) is 0 Å². The van der Waals surface area contributed by atoms with Gasteiger partial charge in [0.25, 0.3) is 11.1 Å². The van der Waals surface area contributed by atoms with Crippen LogP contribution in [0.1, 0.15) is 11.4 Å². The van der Waals surface area contributed by atoms with Crippen molar-refractivity contribution in [3.8, 4) is 16.8 Å². The van der Waals surface area contributed by atoms with E-state index < -0.39 is 0 Å². The van der Waals surface area contributed by atoms with Crippen molar-refractivity contribution >= 4 is 0 Å². The number of para-hydroxylation sites is 1. The first-order chi connectivity index (χ1) is 10.1. The zero-order valence-electron chi connectivity index (χ0n) is 11.7. The average Bonchev–Trinajstić information content (AvgIpc) is 2.78. The summed E-state index contributed by atoms with van der Waals surface area (Å²) >= 11 is 0. The van der Waals surface area contributed by atoms with E-state index in [0.29, 0.717) is 22.5 Å². The second-order valence-corrected chi connectivity index (χ2v) is 4.84. The van der Waals surface area contributed by atoms with Crippen LogP contribution in [-0.4, -0.2) is 20.0 Å². The average molecular weight is 282 g/mol. The third-order valence-corrected chi connectivity index (χ3v) is 3.29. The molecule has 0 aliphatic carbocycles. The molecule has 0 aliphatic heterocycles. The summed E-state index contributed by atoms with van der Waals surface area (Å²) in [4.78, 5) is 24.6. The van der Waals surface area contributed by atoms with Gasteiger partial charge >= 0.3 is 0 Å². The maximum atomic E-state index is 12.6. The van der Waals surface area contributed by atoms with Gasteiger partial charge in [-0.05, 0) is 32.0 Å². The number of hydrogen-bond donors (Lipinski definition) is 2. The number of H-pyrrole nitrogens is 2. The Morgan fingerprint density at radius 3 is 2.52 bits per heavy atom. The molecule has 0 fully saturated rings. The van der Waals surface area contributed by atoms with Crippen molar-refractivity contribution in [3.05, 3.63) is 68.5 Å². The summed E-state index contributed by atoms with van der Waals surface area (Å²) in [6, 6.07) is 10.8. The van der Waals surface area contributed by atoms with Crippen LogP contribution < -0.4 is 11.1 Å². The molecule has 2 N–H and O–H groups in total. The van der Waals surface area contributed by atoms with E-state index in [2.05, 4.69) is 15.3 Å². The van der Waals surface area contributed by atoms with E-state index in [9.17, 15) is 9.59 Å². The van der Waals surface area contributed by atoms with Crippen LogP contribution in [-0.2, 0) is 0 Å². The topological polar surface area (TPSA) is 83.5 Å². The second-order valence-electron chi connectivity index (χ2n) is 4.84. The van der Waals surface area contributed by atoms with E-state index in [1.54, 1.807) is 19.9 Å². The molecular weight excluding hydrogens is 268 g/mol. The molecule has 0 saturated heterocycles. The van der Waals surface area contributed by atoms with Gasteiger partial charge in [0.1, 0.15) is 0 Å². The molecule has 1 aromatic carbocycles. The Morgan fingerprint density at radius 2 is 1.81 bits per heavy atom. The first-order valence-corrected chi connectivity index (χ1v) is 6.51. The highest BCUT2D eigenvalue weighted by Gasteiger charge is 2.17. The molecule has 0 saturated carbocycles. The number of nitrogens with zero attached hydrogens (tertiary/aromatic N) is 2. The van der Waals surface area contributed by atoms with Crippen LogP contribution in [0.3, 0.4) is 0 Å². The first-order valence-electron chi connectivity index (χ1n) is 6.51. The molecule has 3 rings (SSSR count). The van der Waals surface area contributed by atoms with Crippen molar-refractivity contribution in [3.63, 3.8) is 0 Å². The number of aromatic nitrogens is 4. The maximum Gasteiger partial charge on any atom is 0.279 e. The van der Waals surface area contributed by atoms with Gasteiger partial charge in [0.15, 0.2) is 0 Å². The van der Waals surface area contributed by atoms with Gasteiger partial charge in [-0.15, -0.1) is 0 Å². The predicted molar refractivity (Wildman–Crippen MR) is 79.7 cm³/mol. The van der Waals surface area contributed by atoms with Crippen molar-refractivity contribution in [2.45, 2.75) is 13.8 Å². The fourth-order valence-corrected chi connectivity index (χ4v) is 2.31. The van der Waals surface area contributed by atoms with E-state index in [-0.39, 0.29) is 11.1 Å². The Balaban J connectivity index is 2.27. The Labute approximate surface area is 120 Å². The summed E-state index contributed by atoms with van der Waals surface area (Å²) in [5, 5.41) is 9.24. The van der Waals surface area contributed by atoms with Crippen molar-refractivity contribution in [1.29, 1.82) is 0 Å². The third kappa shape index (κ3) is 2.20. The Morgan fingerprint density at radius 1 is 1.10 bits per heavy atom. The number of rotatable bonds is 2. The molecule has 0 radical (unpaired) electrons. The summed E-state index contributed by atoms with van der Waals surface area (Å²) in [5.74, 6) is 0. The number of aromatic amines is 2. The van der Waals surface area contributed by atoms with E-state index in [0.717, 1.165) is 5.69 Å². The number of aryl methyl sites for hydroxylation is 2. The van der Waals surface area contributed by atoms with Gasteiger partial charge in [0.2, 0.25) is 0 Å². The molecule has 3 aromatic rings. The van der Waals surface area contributed by atoms with Crippen molar-refractivity contribution in [1.82, 2.24) is 20.0 Å². The Bertz CT molecular complexity index is 903. The summed E-state index contributed by atoms with van der Waals surface area (Å²) in [7, 11) is 0.